The quantitative estimate of drug-likeness (QED) is 0.153. The van der Waals surface area contributed by atoms with Gasteiger partial charge in [0.15, 0.2) is 0 Å². The van der Waals surface area contributed by atoms with E-state index in [1.807, 2.05) is 0 Å². The molecule has 3 nitrogen and oxygen atoms in total. The van der Waals surface area contributed by atoms with Crippen molar-refractivity contribution in [3.63, 3.8) is 0 Å². The average molecular weight is 799 g/mol. The molecule has 0 amide bonds. The van der Waals surface area contributed by atoms with Crippen molar-refractivity contribution in [2.24, 2.45) is 0 Å². The fraction of sp³-hybridized carbons (Fsp3) is 0.241. The van der Waals surface area contributed by atoms with Gasteiger partial charge < -0.3 is 14.2 Å². The molecule has 0 saturated heterocycles. The molecule has 306 valence electrons. The van der Waals surface area contributed by atoms with Crippen molar-refractivity contribution in [1.82, 2.24) is 0 Å². The molecule has 0 aliphatic carbocycles. The fourth-order valence-electron chi connectivity index (χ4n) is 9.27. The molecular formula is C58H58N2O. The molecule has 0 N–H and O–H groups in total. The lowest BCUT2D eigenvalue weighted by molar-refractivity contribution is 0.590. The molecule has 1 aromatic heterocycles. The summed E-state index contributed by atoms with van der Waals surface area (Å²) in [5.74, 6) is 0.514. The fourth-order valence-corrected chi connectivity index (χ4v) is 9.27. The number of anilines is 6. The van der Waals surface area contributed by atoms with Gasteiger partial charge in [-0.2, -0.15) is 0 Å². The smallest absolute Gasteiger partial charge is 0.136 e. The zero-order valence-electron chi connectivity index (χ0n) is 37.5. The van der Waals surface area contributed by atoms with Crippen LogP contribution in [0.4, 0.5) is 34.1 Å². The van der Waals surface area contributed by atoms with Crippen molar-refractivity contribution in [1.29, 1.82) is 0 Å². The van der Waals surface area contributed by atoms with E-state index in [-0.39, 0.29) is 22.7 Å². The van der Waals surface area contributed by atoms with Crippen LogP contribution in [0.15, 0.2) is 162 Å². The first-order valence-corrected chi connectivity index (χ1v) is 22.0. The predicted molar refractivity (Wildman–Crippen MR) is 264 cm³/mol. The van der Waals surface area contributed by atoms with E-state index in [9.17, 15) is 0 Å². The lowest BCUT2D eigenvalue weighted by Crippen LogP contribution is -2.14. The second-order valence-corrected chi connectivity index (χ2v) is 19.5. The Morgan fingerprint density at radius 3 is 1.05 bits per heavy atom. The number of para-hydroxylation sites is 2. The van der Waals surface area contributed by atoms with Gasteiger partial charge in [0.25, 0.3) is 0 Å². The SMILES string of the molecule is CC(C)c1c(N(c2ccccc2)c2ccc(C(C)(C)C)cc2)ccc2cc3c(cc12)oc1cc2c(C(C)C)c(N(c4ccccc4)c4ccc(C(C)(C)C)cc4)ccc2cc13. The van der Waals surface area contributed by atoms with Gasteiger partial charge in [0, 0.05) is 33.5 Å². The molecular weight excluding hydrogens is 741 g/mol. The summed E-state index contributed by atoms with van der Waals surface area (Å²) in [5, 5.41) is 7.16. The van der Waals surface area contributed by atoms with Crippen LogP contribution in [0.2, 0.25) is 0 Å². The highest BCUT2D eigenvalue weighted by Crippen LogP contribution is 2.47. The molecule has 0 atom stereocenters. The second kappa shape index (κ2) is 15.3. The van der Waals surface area contributed by atoms with Gasteiger partial charge in [-0.3, -0.25) is 0 Å². The Labute approximate surface area is 362 Å². The van der Waals surface area contributed by atoms with E-state index in [1.165, 1.54) is 55.2 Å². The van der Waals surface area contributed by atoms with E-state index < -0.39 is 0 Å². The van der Waals surface area contributed by atoms with Crippen LogP contribution >= 0.6 is 0 Å². The van der Waals surface area contributed by atoms with E-state index in [2.05, 4.69) is 237 Å². The summed E-state index contributed by atoms with van der Waals surface area (Å²) in [5.41, 5.74) is 14.1. The van der Waals surface area contributed by atoms with Crippen LogP contribution in [0.3, 0.4) is 0 Å². The number of fused-ring (bicyclic) bond motifs is 5. The molecule has 8 aromatic carbocycles. The van der Waals surface area contributed by atoms with E-state index in [4.69, 9.17) is 4.42 Å². The van der Waals surface area contributed by atoms with Crippen LogP contribution in [-0.4, -0.2) is 0 Å². The van der Waals surface area contributed by atoms with Gasteiger partial charge in [-0.1, -0.05) is 142 Å². The van der Waals surface area contributed by atoms with Gasteiger partial charge in [-0.05, 0) is 151 Å². The molecule has 61 heavy (non-hydrogen) atoms. The minimum absolute atomic E-state index is 0.0754. The molecule has 3 heteroatoms. The Balaban J connectivity index is 1.22. The Kier molecular flexibility index (Phi) is 10.1. The van der Waals surface area contributed by atoms with Crippen molar-refractivity contribution >= 4 is 77.6 Å². The van der Waals surface area contributed by atoms with Crippen molar-refractivity contribution in [2.45, 2.75) is 91.9 Å². The summed E-state index contributed by atoms with van der Waals surface area (Å²) < 4.78 is 6.94. The van der Waals surface area contributed by atoms with Crippen molar-refractivity contribution in [2.75, 3.05) is 9.80 Å². The Morgan fingerprint density at radius 2 is 0.721 bits per heavy atom. The summed E-state index contributed by atoms with van der Waals surface area (Å²) in [6.07, 6.45) is 0. The summed E-state index contributed by atoms with van der Waals surface area (Å²) in [6, 6.07) is 58.2. The zero-order valence-corrected chi connectivity index (χ0v) is 37.5. The second-order valence-electron chi connectivity index (χ2n) is 19.5. The van der Waals surface area contributed by atoms with Crippen molar-refractivity contribution < 1.29 is 4.42 Å². The Morgan fingerprint density at radius 1 is 0.377 bits per heavy atom. The average Bonchev–Trinajstić information content (AvgIpc) is 3.58. The Bertz CT molecular complexity index is 2810. The standard InChI is InChI=1S/C58H58N2O/c1-37(2)55-47-35-53-49(33-39(47)21-31-51(55)59(43-17-13-11-14-18-43)45-27-23-41(24-28-45)57(5,6)7)50-34-40-22-32-52(56(38(3)4)48(40)36-54(50)61-53)60(44-19-15-12-16-20-44)46-29-25-42(26-30-46)58(8,9)10/h11-38H,1-10H3. The molecule has 9 rings (SSSR count). The van der Waals surface area contributed by atoms with Crippen LogP contribution in [-0.2, 0) is 10.8 Å². The number of hydrogen-bond donors (Lipinski definition) is 0. The normalized spacial score (nSPS) is 12.4. The first kappa shape index (κ1) is 40.1. The lowest BCUT2D eigenvalue weighted by atomic mass is 9.87. The van der Waals surface area contributed by atoms with Gasteiger partial charge >= 0.3 is 0 Å². The minimum Gasteiger partial charge on any atom is -0.456 e. The molecule has 0 aliphatic rings. The predicted octanol–water partition coefficient (Wildman–Crippen LogP) is 17.7. The molecule has 0 bridgehead atoms. The van der Waals surface area contributed by atoms with Crippen LogP contribution in [0, 0.1) is 0 Å². The van der Waals surface area contributed by atoms with Crippen LogP contribution in [0.25, 0.3) is 43.5 Å². The maximum absolute atomic E-state index is 6.94. The third-order valence-electron chi connectivity index (χ3n) is 12.4. The van der Waals surface area contributed by atoms with E-state index in [1.54, 1.807) is 0 Å². The minimum atomic E-state index is 0.0754. The van der Waals surface area contributed by atoms with Gasteiger partial charge in [0.1, 0.15) is 11.2 Å². The van der Waals surface area contributed by atoms with E-state index in [0.29, 0.717) is 0 Å². The number of nitrogens with zero attached hydrogens (tertiary/aromatic N) is 2. The maximum Gasteiger partial charge on any atom is 0.136 e. The number of furan rings is 1. The third kappa shape index (κ3) is 7.35. The number of hydrogen-bond acceptors (Lipinski definition) is 3. The van der Waals surface area contributed by atoms with Gasteiger partial charge in [-0.25, -0.2) is 0 Å². The van der Waals surface area contributed by atoms with Crippen LogP contribution < -0.4 is 9.80 Å². The van der Waals surface area contributed by atoms with Gasteiger partial charge in [0.05, 0.1) is 11.4 Å². The molecule has 0 aliphatic heterocycles. The molecule has 0 saturated carbocycles. The lowest BCUT2D eigenvalue weighted by Gasteiger charge is -2.30. The molecule has 1 heterocycles. The van der Waals surface area contributed by atoms with Crippen molar-refractivity contribution in [3.8, 4) is 0 Å². The highest BCUT2D eigenvalue weighted by atomic mass is 16.3. The highest BCUT2D eigenvalue weighted by Gasteiger charge is 2.25. The molecule has 0 unspecified atom stereocenters. The Hall–Kier alpha value is -6.32. The summed E-state index contributed by atoms with van der Waals surface area (Å²) in [6.45, 7) is 22.9. The largest absolute Gasteiger partial charge is 0.456 e. The first-order chi connectivity index (χ1) is 29.2. The van der Waals surface area contributed by atoms with Crippen molar-refractivity contribution in [3.05, 3.63) is 180 Å². The molecule has 0 spiro atoms. The molecule has 0 radical (unpaired) electrons. The number of benzene rings is 8. The molecule has 9 aromatic rings. The van der Waals surface area contributed by atoms with Gasteiger partial charge in [0.2, 0.25) is 0 Å². The summed E-state index contributed by atoms with van der Waals surface area (Å²) in [7, 11) is 0. The van der Waals surface area contributed by atoms with Crippen LogP contribution in [0.5, 0.6) is 0 Å². The first-order valence-electron chi connectivity index (χ1n) is 22.0. The highest BCUT2D eigenvalue weighted by molar-refractivity contribution is 6.15. The van der Waals surface area contributed by atoms with E-state index in [0.717, 1.165) is 44.7 Å². The van der Waals surface area contributed by atoms with E-state index >= 15 is 0 Å². The maximum atomic E-state index is 6.94. The summed E-state index contributed by atoms with van der Waals surface area (Å²) >= 11 is 0. The summed E-state index contributed by atoms with van der Waals surface area (Å²) in [4.78, 5) is 4.83. The van der Waals surface area contributed by atoms with Gasteiger partial charge in [-0.15, -0.1) is 0 Å². The monoisotopic (exact) mass is 798 g/mol. The zero-order chi connectivity index (χ0) is 42.8. The topological polar surface area (TPSA) is 19.6 Å². The third-order valence-corrected chi connectivity index (χ3v) is 12.4. The molecule has 0 fully saturated rings. The number of rotatable bonds is 8. The van der Waals surface area contributed by atoms with Crippen LogP contribution in [0.1, 0.15) is 103 Å².